The summed E-state index contributed by atoms with van der Waals surface area (Å²) in [4.78, 5) is 6.76. The van der Waals surface area contributed by atoms with E-state index in [1.54, 1.807) is 12.1 Å². The van der Waals surface area contributed by atoms with Gasteiger partial charge >= 0.3 is 0 Å². The minimum atomic E-state index is 0.454. The third-order valence-corrected chi connectivity index (χ3v) is 8.89. The summed E-state index contributed by atoms with van der Waals surface area (Å²) in [5, 5.41) is 13.5. The molecule has 3 N–H and O–H groups in total. The first kappa shape index (κ1) is 34.3. The molecule has 1 heterocycles. The standard InChI is InChI=1S/C32H33Cl6N5/c33-26-13-24(31(37)29(35)15-26)18-39-9-11-43(12-10-40-19-25-14-27(34)16-30(36)32(25)38)21-23-6-4-22(5-7-23)17-41-20-28-3-1-2-8-42-28/h1-8,13-16,39-41H,9-12,17-21H2. The summed E-state index contributed by atoms with van der Waals surface area (Å²) >= 11 is 37.5. The van der Waals surface area contributed by atoms with Crippen molar-refractivity contribution in [2.75, 3.05) is 26.2 Å². The zero-order valence-electron chi connectivity index (χ0n) is 23.5. The lowest BCUT2D eigenvalue weighted by atomic mass is 10.1. The Morgan fingerprint density at radius 2 is 1.14 bits per heavy atom. The molecule has 4 aromatic rings. The van der Waals surface area contributed by atoms with Gasteiger partial charge in [0.15, 0.2) is 0 Å². The number of nitrogens with one attached hydrogen (secondary N) is 3. The van der Waals surface area contributed by atoms with Crippen LogP contribution in [0.25, 0.3) is 0 Å². The Morgan fingerprint density at radius 1 is 0.581 bits per heavy atom. The van der Waals surface area contributed by atoms with Gasteiger partial charge in [-0.3, -0.25) is 9.88 Å². The highest BCUT2D eigenvalue weighted by atomic mass is 35.5. The molecule has 4 rings (SSSR count). The summed E-state index contributed by atoms with van der Waals surface area (Å²) in [6.45, 7) is 6.61. The van der Waals surface area contributed by atoms with Gasteiger partial charge in [-0.05, 0) is 58.7 Å². The third kappa shape index (κ3) is 11.4. The van der Waals surface area contributed by atoms with Crippen LogP contribution >= 0.6 is 69.6 Å². The number of hydrogen-bond acceptors (Lipinski definition) is 5. The van der Waals surface area contributed by atoms with Gasteiger partial charge in [0.2, 0.25) is 0 Å². The largest absolute Gasteiger partial charge is 0.311 e. The van der Waals surface area contributed by atoms with Gasteiger partial charge in [-0.1, -0.05) is 99.9 Å². The van der Waals surface area contributed by atoms with Crippen LogP contribution in [0.15, 0.2) is 72.9 Å². The fraction of sp³-hybridized carbons (Fsp3) is 0.281. The smallest absolute Gasteiger partial charge is 0.0638 e. The van der Waals surface area contributed by atoms with Crippen molar-refractivity contribution in [2.24, 2.45) is 0 Å². The topological polar surface area (TPSA) is 52.2 Å². The molecule has 1 aromatic heterocycles. The van der Waals surface area contributed by atoms with Gasteiger partial charge in [-0.25, -0.2) is 0 Å². The first-order chi connectivity index (χ1) is 20.8. The maximum absolute atomic E-state index is 6.37. The molecule has 0 saturated heterocycles. The van der Waals surface area contributed by atoms with Crippen LogP contribution < -0.4 is 16.0 Å². The number of halogens is 6. The number of benzene rings is 3. The van der Waals surface area contributed by atoms with Crippen LogP contribution in [0, 0.1) is 0 Å². The zero-order chi connectivity index (χ0) is 30.6. The van der Waals surface area contributed by atoms with Crippen LogP contribution in [0.4, 0.5) is 0 Å². The van der Waals surface area contributed by atoms with E-state index >= 15 is 0 Å². The van der Waals surface area contributed by atoms with Gasteiger partial charge in [0, 0.05) is 75.1 Å². The Morgan fingerprint density at radius 3 is 1.67 bits per heavy atom. The Kier molecular flexibility index (Phi) is 14.2. The molecular formula is C32H33Cl6N5. The van der Waals surface area contributed by atoms with E-state index in [0.29, 0.717) is 43.2 Å². The van der Waals surface area contributed by atoms with Crippen molar-refractivity contribution in [3.8, 4) is 0 Å². The van der Waals surface area contributed by atoms with Gasteiger partial charge in [0.25, 0.3) is 0 Å². The lowest BCUT2D eigenvalue weighted by Crippen LogP contribution is -2.36. The molecule has 0 aliphatic carbocycles. The van der Waals surface area contributed by atoms with E-state index in [-0.39, 0.29) is 0 Å². The molecule has 3 aromatic carbocycles. The summed E-state index contributed by atoms with van der Waals surface area (Å²) in [5.74, 6) is 0. The van der Waals surface area contributed by atoms with Crippen molar-refractivity contribution < 1.29 is 0 Å². The molecule has 0 saturated carbocycles. The summed E-state index contributed by atoms with van der Waals surface area (Å²) in [5.41, 5.74) is 5.23. The Labute approximate surface area is 283 Å². The minimum Gasteiger partial charge on any atom is -0.311 e. The van der Waals surface area contributed by atoms with Crippen LogP contribution in [-0.4, -0.2) is 36.1 Å². The molecule has 0 amide bonds. The normalized spacial score (nSPS) is 11.4. The second-order valence-corrected chi connectivity index (χ2v) is 12.5. The SMILES string of the molecule is Clc1cc(Cl)c(Cl)c(CNCCN(CCNCc2cc(Cl)cc(Cl)c2Cl)Cc2ccc(CNCc3ccccn3)cc2)c1. The second-order valence-electron chi connectivity index (χ2n) is 10.1. The summed E-state index contributed by atoms with van der Waals surface area (Å²) < 4.78 is 0. The van der Waals surface area contributed by atoms with Crippen LogP contribution in [0.5, 0.6) is 0 Å². The van der Waals surface area contributed by atoms with Crippen LogP contribution in [0.2, 0.25) is 30.1 Å². The maximum Gasteiger partial charge on any atom is 0.0638 e. The molecule has 0 aliphatic rings. The lowest BCUT2D eigenvalue weighted by Gasteiger charge is -2.23. The molecule has 0 atom stereocenters. The van der Waals surface area contributed by atoms with Crippen molar-refractivity contribution in [3.63, 3.8) is 0 Å². The highest BCUT2D eigenvalue weighted by molar-refractivity contribution is 6.44. The number of aromatic nitrogens is 1. The molecule has 0 bridgehead atoms. The van der Waals surface area contributed by atoms with E-state index in [1.165, 1.54) is 11.1 Å². The van der Waals surface area contributed by atoms with E-state index < -0.39 is 0 Å². The van der Waals surface area contributed by atoms with E-state index in [1.807, 2.05) is 36.5 Å². The first-order valence-corrected chi connectivity index (χ1v) is 16.1. The molecule has 0 spiro atoms. The molecule has 228 valence electrons. The van der Waals surface area contributed by atoms with Crippen LogP contribution in [-0.2, 0) is 32.7 Å². The number of rotatable bonds is 16. The molecule has 43 heavy (non-hydrogen) atoms. The van der Waals surface area contributed by atoms with Gasteiger partial charge in [-0.2, -0.15) is 0 Å². The van der Waals surface area contributed by atoms with E-state index in [0.717, 1.165) is 62.6 Å². The van der Waals surface area contributed by atoms with Crippen molar-refractivity contribution in [2.45, 2.75) is 32.7 Å². The van der Waals surface area contributed by atoms with Crippen molar-refractivity contribution >= 4 is 69.6 Å². The average Bonchev–Trinajstić information content (AvgIpc) is 2.99. The Hall–Kier alpha value is -1.61. The van der Waals surface area contributed by atoms with Crippen molar-refractivity contribution in [3.05, 3.63) is 131 Å². The fourth-order valence-corrected chi connectivity index (χ4v) is 5.95. The van der Waals surface area contributed by atoms with E-state index in [4.69, 9.17) is 69.6 Å². The Bertz CT molecular complexity index is 1390. The quantitative estimate of drug-likeness (QED) is 0.0808. The van der Waals surface area contributed by atoms with Crippen molar-refractivity contribution in [1.29, 1.82) is 0 Å². The van der Waals surface area contributed by atoms with Gasteiger partial charge in [0.05, 0.1) is 25.8 Å². The average molecular weight is 700 g/mol. The summed E-state index contributed by atoms with van der Waals surface area (Å²) in [6.07, 6.45) is 1.81. The second kappa shape index (κ2) is 17.8. The van der Waals surface area contributed by atoms with Gasteiger partial charge < -0.3 is 16.0 Å². The molecule has 0 aliphatic heterocycles. The van der Waals surface area contributed by atoms with Crippen LogP contribution in [0.1, 0.15) is 27.9 Å². The van der Waals surface area contributed by atoms with Gasteiger partial charge in [0.1, 0.15) is 0 Å². The first-order valence-electron chi connectivity index (χ1n) is 13.9. The molecule has 11 heteroatoms. The number of pyridine rings is 1. The van der Waals surface area contributed by atoms with Crippen LogP contribution in [0.3, 0.4) is 0 Å². The van der Waals surface area contributed by atoms with E-state index in [2.05, 4.69) is 50.1 Å². The molecule has 0 fully saturated rings. The summed E-state index contributed by atoms with van der Waals surface area (Å²) in [7, 11) is 0. The minimum absolute atomic E-state index is 0.454. The highest BCUT2D eigenvalue weighted by Gasteiger charge is 2.11. The Balaban J connectivity index is 1.31. The zero-order valence-corrected chi connectivity index (χ0v) is 28.0. The van der Waals surface area contributed by atoms with Gasteiger partial charge in [-0.15, -0.1) is 0 Å². The fourth-order valence-electron chi connectivity index (χ4n) is 4.52. The number of nitrogens with zero attached hydrogens (tertiary/aromatic N) is 2. The predicted octanol–water partition coefficient (Wildman–Crippen LogP) is 8.67. The molecule has 0 unspecified atom stereocenters. The molecule has 5 nitrogen and oxygen atoms in total. The summed E-state index contributed by atoms with van der Waals surface area (Å²) in [6, 6.07) is 21.6. The predicted molar refractivity (Wildman–Crippen MR) is 183 cm³/mol. The van der Waals surface area contributed by atoms with E-state index in [9.17, 15) is 0 Å². The third-order valence-electron chi connectivity index (χ3n) is 6.77. The maximum atomic E-state index is 6.37. The lowest BCUT2D eigenvalue weighted by molar-refractivity contribution is 0.264. The monoisotopic (exact) mass is 697 g/mol. The highest BCUT2D eigenvalue weighted by Crippen LogP contribution is 2.30. The molecule has 0 radical (unpaired) electrons. The number of hydrogen-bond donors (Lipinski definition) is 3. The van der Waals surface area contributed by atoms with Crippen molar-refractivity contribution in [1.82, 2.24) is 25.8 Å². The molecular weight excluding hydrogens is 667 g/mol.